The van der Waals surface area contributed by atoms with E-state index in [0.717, 1.165) is 48.2 Å². The molecule has 1 fully saturated rings. The van der Waals surface area contributed by atoms with Gasteiger partial charge in [0.2, 0.25) is 11.8 Å². The zero-order valence-electron chi connectivity index (χ0n) is 30.2. The minimum atomic E-state index is -5.57. The van der Waals surface area contributed by atoms with E-state index in [1.165, 1.54) is 13.8 Å². The Morgan fingerprint density at radius 2 is 1.71 bits per heavy atom. The molecule has 3 rings (SSSR count). The fourth-order valence-corrected chi connectivity index (χ4v) is 8.51. The van der Waals surface area contributed by atoms with Crippen LogP contribution in [0.3, 0.4) is 0 Å². The maximum absolute atomic E-state index is 12.7. The molecule has 2 amide bonds. The van der Waals surface area contributed by atoms with Gasteiger partial charge in [0.1, 0.15) is 36.3 Å². The zero-order chi connectivity index (χ0) is 41.9. The normalized spacial score (nSPS) is 21.7. The molecule has 56 heavy (non-hydrogen) atoms. The van der Waals surface area contributed by atoms with Crippen molar-refractivity contribution in [2.75, 3.05) is 44.3 Å². The van der Waals surface area contributed by atoms with Crippen LogP contribution in [0.25, 0.3) is 11.2 Å². The lowest BCUT2D eigenvalue weighted by atomic mass is 9.87. The molecule has 0 saturated carbocycles. The maximum atomic E-state index is 12.7. The van der Waals surface area contributed by atoms with Gasteiger partial charge in [0.25, 0.3) is 0 Å². The largest absolute Gasteiger partial charge is 0.481 e. The molecule has 0 aliphatic carbocycles. The lowest BCUT2D eigenvalue weighted by Gasteiger charge is -2.30. The number of nitrogen functional groups attached to an aromatic ring is 1. The van der Waals surface area contributed by atoms with E-state index in [0.29, 0.717) is 18.7 Å². The first kappa shape index (κ1) is 47.9. The quantitative estimate of drug-likeness (QED) is 0.0455. The van der Waals surface area contributed by atoms with Crippen LogP contribution in [0.15, 0.2) is 12.7 Å². The number of aromatic nitrogens is 4. The molecule has 0 aromatic carbocycles. The number of nitrogens with zero attached hydrogens (tertiary/aromatic N) is 4. The van der Waals surface area contributed by atoms with Crippen molar-refractivity contribution in [2.45, 2.75) is 76.6 Å². The van der Waals surface area contributed by atoms with Crippen LogP contribution in [-0.4, -0.2) is 129 Å². The van der Waals surface area contributed by atoms with Crippen LogP contribution in [0.2, 0.25) is 0 Å². The number of nitrogens with two attached hydrogens (primary N) is 2. The van der Waals surface area contributed by atoms with Gasteiger partial charge < -0.3 is 56.6 Å². The molecule has 1 aliphatic rings. The molecule has 3 unspecified atom stereocenters. The number of fused-ring (bicyclic) bond motifs is 1. The van der Waals surface area contributed by atoms with Gasteiger partial charge in [0.15, 0.2) is 22.8 Å². The molecular weight excluding hydrogens is 833 g/mol. The number of carbonyl (C=O) groups is 3. The third-order valence-corrected chi connectivity index (χ3v) is 11.9. The Kier molecular flexibility index (Phi) is 17.9. The average molecular weight is 881 g/mol. The van der Waals surface area contributed by atoms with Crippen LogP contribution in [0, 0.1) is 5.41 Å². The fourth-order valence-electron chi connectivity index (χ4n) is 4.96. The van der Waals surface area contributed by atoms with E-state index in [1.807, 2.05) is 0 Å². The summed E-state index contributed by atoms with van der Waals surface area (Å²) in [4.78, 5) is 87.4. The number of phosphoric ester groups is 3. The summed E-state index contributed by atoms with van der Waals surface area (Å²) in [5.41, 5.74) is 9.68. The van der Waals surface area contributed by atoms with Crippen molar-refractivity contribution in [3.8, 4) is 0 Å². The van der Waals surface area contributed by atoms with Gasteiger partial charge in [0.05, 0.1) is 19.5 Å². The summed E-state index contributed by atoms with van der Waals surface area (Å²) in [6.45, 7) is 1.08. The van der Waals surface area contributed by atoms with Crippen molar-refractivity contribution in [3.63, 3.8) is 0 Å². The maximum Gasteiger partial charge on any atom is 0.481 e. The number of anilines is 1. The zero-order valence-corrected chi connectivity index (χ0v) is 33.7. The van der Waals surface area contributed by atoms with Crippen LogP contribution in [-0.2, 0) is 50.7 Å². The number of imidazole rings is 1. The van der Waals surface area contributed by atoms with Gasteiger partial charge in [-0.15, -0.1) is 0 Å². The Balaban J connectivity index is 1.47. The SMILES string of the molecule is CC(C)(COP(=O)(O)OP(=O)(O)OC[C@H]1O[C@@H](n2cnc3c(N)ncnc32)[C@H](O)[C@@H]1OP(=O)(O)O)C(O)C(=O)NCCC(=O)NCCSC(=O)CCCCCN. The average Bonchev–Trinajstić information content (AvgIpc) is 3.66. The number of amides is 2. The smallest absolute Gasteiger partial charge is 0.386 e. The summed E-state index contributed by atoms with van der Waals surface area (Å²) < 4.78 is 62.1. The molecule has 0 spiro atoms. The van der Waals surface area contributed by atoms with E-state index in [-0.39, 0.29) is 41.6 Å². The van der Waals surface area contributed by atoms with Crippen molar-refractivity contribution in [1.29, 1.82) is 0 Å². The first-order valence-corrected chi connectivity index (χ1v) is 22.3. The van der Waals surface area contributed by atoms with Gasteiger partial charge in [-0.3, -0.25) is 32.5 Å². The third-order valence-electron chi connectivity index (χ3n) is 7.85. The predicted molar refractivity (Wildman–Crippen MR) is 195 cm³/mol. The number of hydrogen-bond donors (Lipinski definition) is 10. The highest BCUT2D eigenvalue weighted by atomic mass is 32.2. The van der Waals surface area contributed by atoms with Gasteiger partial charge in [-0.05, 0) is 19.4 Å². The number of nitrogens with one attached hydrogen (secondary N) is 2. The van der Waals surface area contributed by atoms with Gasteiger partial charge in [0, 0.05) is 37.1 Å². The van der Waals surface area contributed by atoms with Crippen molar-refractivity contribution < 1.29 is 80.5 Å². The molecule has 2 aromatic rings. The monoisotopic (exact) mass is 880 g/mol. The van der Waals surface area contributed by atoms with Gasteiger partial charge in [-0.1, -0.05) is 32.0 Å². The number of aliphatic hydroxyl groups excluding tert-OH is 2. The molecule has 7 atom stereocenters. The molecule has 25 nitrogen and oxygen atoms in total. The fraction of sp³-hybridized carbons (Fsp3) is 0.704. The Morgan fingerprint density at radius 3 is 2.39 bits per heavy atom. The van der Waals surface area contributed by atoms with E-state index in [1.54, 1.807) is 0 Å². The van der Waals surface area contributed by atoms with E-state index < -0.39 is 84.6 Å². The molecule has 2 aromatic heterocycles. The number of phosphoric acid groups is 3. The van der Waals surface area contributed by atoms with Crippen molar-refractivity contribution in [2.24, 2.45) is 11.1 Å². The Hall–Kier alpha value is -2.48. The Bertz CT molecular complexity index is 1800. The lowest BCUT2D eigenvalue weighted by molar-refractivity contribution is -0.137. The van der Waals surface area contributed by atoms with E-state index >= 15 is 0 Å². The third kappa shape index (κ3) is 15.0. The summed E-state index contributed by atoms with van der Waals surface area (Å²) in [7, 11) is -16.4. The number of unbranched alkanes of at least 4 members (excludes halogenated alkanes) is 2. The molecule has 318 valence electrons. The standard InChI is InChI=1S/C27H47N8O17P3S/c1-27(2,22(39)25(40)31-9-7-17(36)30-10-11-56-18(37)6-4-3-5-8-28)13-49-55(46,47)52-54(44,45)48-12-16-21(51-53(41,42)43)20(38)26(50-16)35-15-34-19-23(29)32-14-33-24(19)35/h14-16,20-22,26,38-39H,3-13,28H2,1-2H3,(H,30,36)(H,31,40)(H,44,45)(H,46,47)(H2,29,32,33)(H2,41,42,43)/t16-,20-,21-,22?,26-/m1/s1. The minimum Gasteiger partial charge on any atom is -0.386 e. The van der Waals surface area contributed by atoms with Gasteiger partial charge >= 0.3 is 23.5 Å². The first-order chi connectivity index (χ1) is 26.1. The molecule has 0 radical (unpaired) electrons. The topological polar surface area (TPSA) is 390 Å². The second-order valence-corrected chi connectivity index (χ2v) is 18.3. The number of thioether (sulfide) groups is 1. The predicted octanol–water partition coefficient (Wildman–Crippen LogP) is -0.816. The lowest BCUT2D eigenvalue weighted by Crippen LogP contribution is -2.46. The number of hydrogen-bond acceptors (Lipinski definition) is 19. The minimum absolute atomic E-state index is 0.00759. The molecule has 29 heteroatoms. The number of carbonyl (C=O) groups excluding carboxylic acids is 3. The van der Waals surface area contributed by atoms with E-state index in [4.69, 9.17) is 25.3 Å². The summed E-state index contributed by atoms with van der Waals surface area (Å²) in [5.74, 6) is -1.08. The van der Waals surface area contributed by atoms with Gasteiger partial charge in [-0.25, -0.2) is 28.6 Å². The Morgan fingerprint density at radius 1 is 1.02 bits per heavy atom. The molecule has 12 N–H and O–H groups in total. The number of rotatable bonds is 24. The summed E-state index contributed by atoms with van der Waals surface area (Å²) in [6, 6.07) is 0. The summed E-state index contributed by atoms with van der Waals surface area (Å²) >= 11 is 1.10. The van der Waals surface area contributed by atoms with Gasteiger partial charge in [-0.2, -0.15) is 4.31 Å². The molecule has 0 bridgehead atoms. The van der Waals surface area contributed by atoms with E-state index in [9.17, 15) is 57.9 Å². The van der Waals surface area contributed by atoms with Crippen molar-refractivity contribution in [3.05, 3.63) is 12.7 Å². The molecule has 1 aliphatic heterocycles. The van der Waals surface area contributed by atoms with E-state index in [2.05, 4.69) is 34.4 Å². The second kappa shape index (κ2) is 21.0. The highest BCUT2D eigenvalue weighted by Crippen LogP contribution is 2.61. The van der Waals surface area contributed by atoms with Crippen LogP contribution in [0.4, 0.5) is 5.82 Å². The molecular formula is C27H47N8O17P3S. The van der Waals surface area contributed by atoms with Crippen LogP contribution < -0.4 is 22.1 Å². The number of aliphatic hydroxyl groups is 2. The van der Waals surface area contributed by atoms with Crippen LogP contribution in [0.5, 0.6) is 0 Å². The molecule has 3 heterocycles. The molecule has 1 saturated heterocycles. The van der Waals surface area contributed by atoms with Crippen LogP contribution in [0.1, 0.15) is 52.2 Å². The van der Waals surface area contributed by atoms with Crippen molar-refractivity contribution >= 4 is 69.1 Å². The van der Waals surface area contributed by atoms with Crippen molar-refractivity contribution in [1.82, 2.24) is 30.2 Å². The first-order valence-electron chi connectivity index (χ1n) is 16.8. The highest BCUT2D eigenvalue weighted by Gasteiger charge is 2.50. The Labute approximate surface area is 324 Å². The summed E-state index contributed by atoms with van der Waals surface area (Å²) in [6.07, 6.45) is -4.04. The number of ether oxygens (including phenoxy) is 1. The highest BCUT2D eigenvalue weighted by molar-refractivity contribution is 8.13. The second-order valence-electron chi connectivity index (χ2n) is 12.9. The van der Waals surface area contributed by atoms with Crippen LogP contribution >= 0.6 is 35.2 Å². The summed E-state index contributed by atoms with van der Waals surface area (Å²) in [5, 5.41) is 26.4.